The molecule has 2 heterocycles. The Morgan fingerprint density at radius 3 is 2.50 bits per heavy atom. The number of benzene rings is 2. The van der Waals surface area contributed by atoms with Gasteiger partial charge in [-0.15, -0.1) is 0 Å². The second-order valence-corrected chi connectivity index (χ2v) is 9.33. The van der Waals surface area contributed by atoms with Crippen LogP contribution in [0.3, 0.4) is 0 Å². The maximum atomic E-state index is 13.0. The highest BCUT2D eigenvalue weighted by molar-refractivity contribution is 9.10. The summed E-state index contributed by atoms with van der Waals surface area (Å²) >= 11 is 4.90. The van der Waals surface area contributed by atoms with E-state index in [1.807, 2.05) is 42.5 Å². The SMILES string of the molecule is O=C(NCc1ccccc1CN1CCCC1)c1ccccc1Sc1ccc(Br)cn1. The summed E-state index contributed by atoms with van der Waals surface area (Å²) < 4.78 is 0.936. The summed E-state index contributed by atoms with van der Waals surface area (Å²) in [5.74, 6) is -0.0637. The van der Waals surface area contributed by atoms with Crippen molar-refractivity contribution in [3.8, 4) is 0 Å². The summed E-state index contributed by atoms with van der Waals surface area (Å²) in [6, 6.07) is 20.0. The molecule has 0 radical (unpaired) electrons. The van der Waals surface area contributed by atoms with E-state index in [4.69, 9.17) is 0 Å². The number of hydrogen-bond donors (Lipinski definition) is 1. The zero-order valence-corrected chi connectivity index (χ0v) is 19.1. The first kappa shape index (κ1) is 21.1. The molecule has 0 spiro atoms. The van der Waals surface area contributed by atoms with Crippen molar-refractivity contribution in [2.24, 2.45) is 0 Å². The molecule has 1 amide bonds. The highest BCUT2D eigenvalue weighted by atomic mass is 79.9. The van der Waals surface area contributed by atoms with Crippen LogP contribution in [0.5, 0.6) is 0 Å². The molecule has 4 nitrogen and oxygen atoms in total. The molecule has 0 bridgehead atoms. The van der Waals surface area contributed by atoms with Crippen LogP contribution in [-0.2, 0) is 13.1 Å². The lowest BCUT2D eigenvalue weighted by molar-refractivity contribution is 0.0948. The van der Waals surface area contributed by atoms with E-state index in [9.17, 15) is 4.79 Å². The van der Waals surface area contributed by atoms with Crippen LogP contribution in [0.4, 0.5) is 0 Å². The van der Waals surface area contributed by atoms with Crippen molar-refractivity contribution in [2.75, 3.05) is 13.1 Å². The third-order valence-corrected chi connectivity index (χ3v) is 6.69. The van der Waals surface area contributed by atoms with Gasteiger partial charge in [0.2, 0.25) is 0 Å². The van der Waals surface area contributed by atoms with Crippen LogP contribution >= 0.6 is 27.7 Å². The fourth-order valence-corrected chi connectivity index (χ4v) is 4.73. The number of rotatable bonds is 7. The van der Waals surface area contributed by atoms with E-state index in [-0.39, 0.29) is 5.91 Å². The number of amides is 1. The molecule has 1 N–H and O–H groups in total. The predicted octanol–water partition coefficient (Wildman–Crippen LogP) is 5.52. The van der Waals surface area contributed by atoms with Crippen LogP contribution in [-0.4, -0.2) is 28.9 Å². The lowest BCUT2D eigenvalue weighted by Gasteiger charge is -2.18. The van der Waals surface area contributed by atoms with Gasteiger partial charge >= 0.3 is 0 Å². The first-order valence-corrected chi connectivity index (χ1v) is 11.8. The van der Waals surface area contributed by atoms with Gasteiger partial charge in [0.15, 0.2) is 0 Å². The highest BCUT2D eigenvalue weighted by Crippen LogP contribution is 2.29. The molecule has 6 heteroatoms. The van der Waals surface area contributed by atoms with Crippen molar-refractivity contribution < 1.29 is 4.79 Å². The minimum Gasteiger partial charge on any atom is -0.348 e. The van der Waals surface area contributed by atoms with Crippen LogP contribution < -0.4 is 5.32 Å². The van der Waals surface area contributed by atoms with Gasteiger partial charge < -0.3 is 5.32 Å². The molecule has 1 aliphatic rings. The molecule has 1 saturated heterocycles. The third-order valence-electron chi connectivity index (χ3n) is 5.20. The topological polar surface area (TPSA) is 45.2 Å². The average Bonchev–Trinajstić information content (AvgIpc) is 3.28. The standard InChI is InChI=1S/C24H24BrN3OS/c25-20-11-12-23(26-16-20)30-22-10-4-3-9-21(22)24(29)27-15-18-7-1-2-8-19(18)17-28-13-5-6-14-28/h1-4,7-12,16H,5-6,13-15,17H2,(H,27,29). The van der Waals surface area contributed by atoms with Crippen molar-refractivity contribution in [1.29, 1.82) is 0 Å². The minimum atomic E-state index is -0.0637. The van der Waals surface area contributed by atoms with Crippen molar-refractivity contribution in [3.63, 3.8) is 0 Å². The Morgan fingerprint density at radius 2 is 1.73 bits per heavy atom. The second-order valence-electron chi connectivity index (χ2n) is 7.35. The summed E-state index contributed by atoms with van der Waals surface area (Å²) in [6.07, 6.45) is 4.32. The zero-order chi connectivity index (χ0) is 20.8. The van der Waals surface area contributed by atoms with Gasteiger partial charge in [-0.2, -0.15) is 0 Å². The average molecular weight is 482 g/mol. The predicted molar refractivity (Wildman–Crippen MR) is 125 cm³/mol. The van der Waals surface area contributed by atoms with Crippen LogP contribution in [0.2, 0.25) is 0 Å². The second kappa shape index (κ2) is 10.2. The fourth-order valence-electron chi connectivity index (χ4n) is 3.62. The van der Waals surface area contributed by atoms with Crippen LogP contribution in [0.15, 0.2) is 81.3 Å². The van der Waals surface area contributed by atoms with E-state index in [1.165, 1.54) is 35.7 Å². The van der Waals surface area contributed by atoms with Gasteiger partial charge in [-0.3, -0.25) is 9.69 Å². The molecule has 0 aliphatic carbocycles. The molecule has 1 aliphatic heterocycles. The van der Waals surface area contributed by atoms with E-state index in [2.05, 4.69) is 49.3 Å². The quantitative estimate of drug-likeness (QED) is 0.482. The van der Waals surface area contributed by atoms with Crippen LogP contribution in [0, 0.1) is 0 Å². The Bertz CT molecular complexity index is 1000. The number of hydrogen-bond acceptors (Lipinski definition) is 4. The lowest BCUT2D eigenvalue weighted by Crippen LogP contribution is -2.25. The number of nitrogens with zero attached hydrogens (tertiary/aromatic N) is 2. The van der Waals surface area contributed by atoms with E-state index < -0.39 is 0 Å². The molecule has 154 valence electrons. The Kier molecular flexibility index (Phi) is 7.20. The molecule has 4 rings (SSSR count). The number of likely N-dealkylation sites (tertiary alicyclic amines) is 1. The number of halogens is 1. The maximum Gasteiger partial charge on any atom is 0.252 e. The summed E-state index contributed by atoms with van der Waals surface area (Å²) in [7, 11) is 0. The molecule has 0 atom stereocenters. The first-order chi connectivity index (χ1) is 14.7. The van der Waals surface area contributed by atoms with Crippen molar-refractivity contribution in [1.82, 2.24) is 15.2 Å². The summed E-state index contributed by atoms with van der Waals surface area (Å²) in [5.41, 5.74) is 3.14. The van der Waals surface area contributed by atoms with E-state index in [0.29, 0.717) is 12.1 Å². The highest BCUT2D eigenvalue weighted by Gasteiger charge is 2.15. The molecule has 30 heavy (non-hydrogen) atoms. The minimum absolute atomic E-state index is 0.0637. The van der Waals surface area contributed by atoms with Crippen molar-refractivity contribution >= 4 is 33.6 Å². The van der Waals surface area contributed by atoms with Gasteiger partial charge in [-0.1, -0.05) is 48.2 Å². The molecule has 3 aromatic rings. The Balaban J connectivity index is 1.44. The Morgan fingerprint density at radius 1 is 1.00 bits per heavy atom. The molecule has 1 fully saturated rings. The Hall–Kier alpha value is -2.15. The van der Waals surface area contributed by atoms with E-state index in [0.717, 1.165) is 34.0 Å². The molecular weight excluding hydrogens is 458 g/mol. The van der Waals surface area contributed by atoms with Gasteiger partial charge in [0, 0.05) is 28.7 Å². The number of carbonyl (C=O) groups excluding carboxylic acids is 1. The van der Waals surface area contributed by atoms with E-state index >= 15 is 0 Å². The largest absolute Gasteiger partial charge is 0.348 e. The van der Waals surface area contributed by atoms with Gasteiger partial charge in [0.05, 0.1) is 5.56 Å². The lowest BCUT2D eigenvalue weighted by atomic mass is 10.1. The summed E-state index contributed by atoms with van der Waals surface area (Å²) in [4.78, 5) is 20.8. The number of carbonyl (C=O) groups is 1. The third kappa shape index (κ3) is 5.50. The smallest absolute Gasteiger partial charge is 0.252 e. The normalized spacial score (nSPS) is 14.0. The van der Waals surface area contributed by atoms with Crippen LogP contribution in [0.25, 0.3) is 0 Å². The number of aromatic nitrogens is 1. The number of nitrogens with one attached hydrogen (secondary N) is 1. The molecule has 0 unspecified atom stereocenters. The maximum absolute atomic E-state index is 13.0. The van der Waals surface area contributed by atoms with Gasteiger partial charge in [0.25, 0.3) is 5.91 Å². The molecular formula is C24H24BrN3OS. The first-order valence-electron chi connectivity index (χ1n) is 10.1. The monoisotopic (exact) mass is 481 g/mol. The van der Waals surface area contributed by atoms with Gasteiger partial charge in [-0.05, 0) is 77.3 Å². The summed E-state index contributed by atoms with van der Waals surface area (Å²) in [5, 5.41) is 3.97. The van der Waals surface area contributed by atoms with Gasteiger partial charge in [0.1, 0.15) is 5.03 Å². The molecule has 0 saturated carbocycles. The molecule has 1 aromatic heterocycles. The van der Waals surface area contributed by atoms with Gasteiger partial charge in [-0.25, -0.2) is 4.98 Å². The van der Waals surface area contributed by atoms with Crippen molar-refractivity contribution in [3.05, 3.63) is 88.0 Å². The number of pyridine rings is 1. The summed E-state index contributed by atoms with van der Waals surface area (Å²) in [6.45, 7) is 3.80. The van der Waals surface area contributed by atoms with Crippen molar-refractivity contribution in [2.45, 2.75) is 35.9 Å². The zero-order valence-electron chi connectivity index (χ0n) is 16.7. The molecule has 2 aromatic carbocycles. The fraction of sp³-hybridized carbons (Fsp3) is 0.250. The van der Waals surface area contributed by atoms with Crippen LogP contribution in [0.1, 0.15) is 34.3 Å². The Labute approximate surface area is 190 Å². The van der Waals surface area contributed by atoms with E-state index in [1.54, 1.807) is 6.20 Å².